The summed E-state index contributed by atoms with van der Waals surface area (Å²) in [5, 5.41) is 0.918. The molecule has 3 heterocycles. The quantitative estimate of drug-likeness (QED) is 0.609. The molecule has 2 aliphatic rings. The Kier molecular flexibility index (Phi) is 4.51. The first-order valence-electron chi connectivity index (χ1n) is 9.93. The third kappa shape index (κ3) is 3.37. The number of fused-ring (bicyclic) bond motifs is 3. The number of rotatable bonds is 3. The lowest BCUT2D eigenvalue weighted by molar-refractivity contribution is 0.0832. The van der Waals surface area contributed by atoms with E-state index in [1.54, 1.807) is 6.20 Å². The molecule has 5 heteroatoms. The predicted octanol–water partition coefficient (Wildman–Crippen LogP) is 5.33. The topological polar surface area (TPSA) is 42.4 Å². The van der Waals surface area contributed by atoms with Gasteiger partial charge >= 0.3 is 6.09 Å². The molecule has 0 radical (unpaired) electrons. The standard InChI is InChI=1S/C24H21FN2O2/c25-22-14-23-17(7-4-10-26-23)13-21(22)18-11-19-8-9-20(12-18)27(19)24(28)29-15-16-5-2-1-3-6-16/h1-7,10-11,13-14,19-20H,8-9,12,15H2. The Morgan fingerprint density at radius 1 is 1.14 bits per heavy atom. The van der Waals surface area contributed by atoms with Gasteiger partial charge in [0, 0.05) is 29.3 Å². The molecule has 1 fully saturated rings. The molecule has 4 nitrogen and oxygen atoms in total. The molecule has 0 spiro atoms. The van der Waals surface area contributed by atoms with E-state index >= 15 is 0 Å². The van der Waals surface area contributed by atoms with E-state index in [1.807, 2.05) is 59.5 Å². The van der Waals surface area contributed by atoms with Gasteiger partial charge in [0.05, 0.1) is 11.6 Å². The van der Waals surface area contributed by atoms with Crippen LogP contribution in [0.2, 0.25) is 0 Å². The molecule has 2 aromatic carbocycles. The minimum absolute atomic E-state index is 0.0454. The van der Waals surface area contributed by atoms with Crippen LogP contribution in [0.15, 0.2) is 66.9 Å². The summed E-state index contributed by atoms with van der Waals surface area (Å²) in [5.41, 5.74) is 3.19. The van der Waals surface area contributed by atoms with Gasteiger partial charge in [-0.2, -0.15) is 0 Å². The molecule has 146 valence electrons. The maximum Gasteiger partial charge on any atom is 0.410 e. The summed E-state index contributed by atoms with van der Waals surface area (Å²) >= 11 is 0. The zero-order valence-electron chi connectivity index (χ0n) is 15.9. The van der Waals surface area contributed by atoms with Crippen LogP contribution in [0, 0.1) is 5.82 Å². The van der Waals surface area contributed by atoms with Crippen LogP contribution in [0.4, 0.5) is 9.18 Å². The van der Waals surface area contributed by atoms with Gasteiger partial charge in [-0.25, -0.2) is 9.18 Å². The third-order valence-electron chi connectivity index (χ3n) is 5.85. The summed E-state index contributed by atoms with van der Waals surface area (Å²) < 4.78 is 20.3. The maximum absolute atomic E-state index is 14.8. The lowest BCUT2D eigenvalue weighted by Crippen LogP contribution is -2.43. The number of hydrogen-bond donors (Lipinski definition) is 0. The third-order valence-corrected chi connectivity index (χ3v) is 5.85. The summed E-state index contributed by atoms with van der Waals surface area (Å²) in [7, 11) is 0. The van der Waals surface area contributed by atoms with E-state index in [4.69, 9.17) is 4.74 Å². The fourth-order valence-corrected chi connectivity index (χ4v) is 4.45. The van der Waals surface area contributed by atoms with E-state index in [9.17, 15) is 9.18 Å². The number of aromatic nitrogens is 1. The van der Waals surface area contributed by atoms with Crippen LogP contribution in [0.5, 0.6) is 0 Å². The average Bonchev–Trinajstić information content (AvgIpc) is 3.02. The molecule has 29 heavy (non-hydrogen) atoms. The zero-order valence-corrected chi connectivity index (χ0v) is 15.9. The van der Waals surface area contributed by atoms with Crippen LogP contribution in [-0.2, 0) is 11.3 Å². The molecule has 5 rings (SSSR count). The number of carbonyl (C=O) groups excluding carboxylic acids is 1. The van der Waals surface area contributed by atoms with Crippen molar-refractivity contribution in [2.24, 2.45) is 0 Å². The Morgan fingerprint density at radius 3 is 2.83 bits per heavy atom. The van der Waals surface area contributed by atoms with Gasteiger partial charge in [0.1, 0.15) is 12.4 Å². The molecule has 0 N–H and O–H groups in total. The van der Waals surface area contributed by atoms with Crippen molar-refractivity contribution in [2.45, 2.75) is 38.0 Å². The van der Waals surface area contributed by atoms with Gasteiger partial charge in [-0.3, -0.25) is 9.88 Å². The first-order valence-corrected chi connectivity index (χ1v) is 9.93. The SMILES string of the molecule is O=C(OCc1ccccc1)N1C2C=C(c3cc4cccnc4cc3F)CC1CC2. The number of pyridine rings is 1. The largest absolute Gasteiger partial charge is 0.445 e. The van der Waals surface area contributed by atoms with Gasteiger partial charge in [-0.15, -0.1) is 0 Å². The number of carbonyl (C=O) groups is 1. The van der Waals surface area contributed by atoms with Crippen LogP contribution in [0.1, 0.15) is 30.4 Å². The second-order valence-electron chi connectivity index (χ2n) is 7.67. The zero-order chi connectivity index (χ0) is 19.8. The highest BCUT2D eigenvalue weighted by molar-refractivity contribution is 5.84. The van der Waals surface area contributed by atoms with Crippen molar-refractivity contribution in [3.63, 3.8) is 0 Å². The highest BCUT2D eigenvalue weighted by atomic mass is 19.1. The maximum atomic E-state index is 14.8. The summed E-state index contributed by atoms with van der Waals surface area (Å²) in [5.74, 6) is -0.262. The molecule has 2 atom stereocenters. The summed E-state index contributed by atoms with van der Waals surface area (Å²) in [6.07, 6.45) is 5.83. The minimum Gasteiger partial charge on any atom is -0.445 e. The number of hydrogen-bond acceptors (Lipinski definition) is 3. The van der Waals surface area contributed by atoms with Crippen LogP contribution >= 0.6 is 0 Å². The Labute approximate surface area is 168 Å². The van der Waals surface area contributed by atoms with Gasteiger partial charge in [-0.05, 0) is 42.5 Å². The molecule has 2 aliphatic heterocycles. The fourth-order valence-electron chi connectivity index (χ4n) is 4.45. The molecule has 1 saturated heterocycles. The van der Waals surface area contributed by atoms with Crippen molar-refractivity contribution in [3.8, 4) is 0 Å². The molecule has 2 unspecified atom stereocenters. The van der Waals surface area contributed by atoms with Crippen molar-refractivity contribution in [1.82, 2.24) is 9.88 Å². The normalized spacial score (nSPS) is 20.6. The predicted molar refractivity (Wildman–Crippen MR) is 110 cm³/mol. The van der Waals surface area contributed by atoms with E-state index in [2.05, 4.69) is 4.98 Å². The first kappa shape index (κ1) is 17.9. The van der Waals surface area contributed by atoms with Crippen LogP contribution < -0.4 is 0 Å². The Bertz CT molecular complexity index is 1100. The molecule has 1 amide bonds. The highest BCUT2D eigenvalue weighted by Gasteiger charge is 2.41. The van der Waals surface area contributed by atoms with E-state index in [0.29, 0.717) is 17.5 Å². The van der Waals surface area contributed by atoms with Gasteiger partial charge in [0.15, 0.2) is 0 Å². The second-order valence-corrected chi connectivity index (χ2v) is 7.67. The summed E-state index contributed by atoms with van der Waals surface area (Å²) in [4.78, 5) is 18.8. The number of halogens is 1. The molecule has 0 aliphatic carbocycles. The number of nitrogens with zero attached hydrogens (tertiary/aromatic N) is 2. The van der Waals surface area contributed by atoms with Crippen molar-refractivity contribution in [1.29, 1.82) is 0 Å². The summed E-state index contributed by atoms with van der Waals surface area (Å²) in [6, 6.07) is 16.8. The van der Waals surface area contributed by atoms with Crippen molar-refractivity contribution < 1.29 is 13.9 Å². The van der Waals surface area contributed by atoms with Gasteiger partial charge < -0.3 is 4.74 Å². The number of amides is 1. The molecule has 1 aromatic heterocycles. The van der Waals surface area contributed by atoms with Crippen molar-refractivity contribution >= 4 is 22.6 Å². The lowest BCUT2D eigenvalue weighted by atomic mass is 9.93. The minimum atomic E-state index is -0.292. The molecular weight excluding hydrogens is 367 g/mol. The van der Waals surface area contributed by atoms with Gasteiger partial charge in [0.2, 0.25) is 0 Å². The van der Waals surface area contributed by atoms with Crippen LogP contribution in [0.3, 0.4) is 0 Å². The van der Waals surface area contributed by atoms with Gasteiger partial charge in [0.25, 0.3) is 0 Å². The molecule has 3 aromatic rings. The van der Waals surface area contributed by atoms with Crippen LogP contribution in [-0.4, -0.2) is 28.1 Å². The molecule has 0 saturated carbocycles. The Hall–Kier alpha value is -3.21. The Morgan fingerprint density at radius 2 is 2.00 bits per heavy atom. The molecular formula is C24H21FN2O2. The Balaban J connectivity index is 1.37. The van der Waals surface area contributed by atoms with E-state index < -0.39 is 0 Å². The van der Waals surface area contributed by atoms with E-state index in [1.165, 1.54) is 6.07 Å². The van der Waals surface area contributed by atoms with E-state index in [0.717, 1.165) is 29.4 Å². The van der Waals surface area contributed by atoms with Crippen LogP contribution in [0.25, 0.3) is 16.5 Å². The number of benzene rings is 2. The average molecular weight is 388 g/mol. The smallest absolute Gasteiger partial charge is 0.410 e. The fraction of sp³-hybridized carbons (Fsp3) is 0.250. The lowest BCUT2D eigenvalue weighted by Gasteiger charge is -2.33. The van der Waals surface area contributed by atoms with Gasteiger partial charge in [-0.1, -0.05) is 42.5 Å². The monoisotopic (exact) mass is 388 g/mol. The van der Waals surface area contributed by atoms with Crippen molar-refractivity contribution in [3.05, 3.63) is 83.8 Å². The van der Waals surface area contributed by atoms with Crippen molar-refractivity contribution in [2.75, 3.05) is 0 Å². The first-order chi connectivity index (χ1) is 14.2. The summed E-state index contributed by atoms with van der Waals surface area (Å²) in [6.45, 7) is 0.262. The highest BCUT2D eigenvalue weighted by Crippen LogP contribution is 2.40. The number of ether oxygens (including phenoxy) is 1. The second kappa shape index (κ2) is 7.32. The van der Waals surface area contributed by atoms with E-state index in [-0.39, 0.29) is 30.6 Å². The molecule has 2 bridgehead atoms.